The van der Waals surface area contributed by atoms with Gasteiger partial charge in [0.05, 0.1) is 6.26 Å². The molecule has 1 heterocycles. The van der Waals surface area contributed by atoms with Gasteiger partial charge in [0.2, 0.25) is 0 Å². The van der Waals surface area contributed by atoms with Crippen LogP contribution in [0.3, 0.4) is 0 Å². The molecule has 1 aromatic heterocycles. The fourth-order valence-electron chi connectivity index (χ4n) is 3.61. The van der Waals surface area contributed by atoms with Crippen LogP contribution in [0.15, 0.2) is 52.1 Å². The summed E-state index contributed by atoms with van der Waals surface area (Å²) in [5.41, 5.74) is 1.85. The average Bonchev–Trinajstić information content (AvgIpc) is 3.43. The Bertz CT molecular complexity index is 747. The summed E-state index contributed by atoms with van der Waals surface area (Å²) < 4.78 is 5.10. The van der Waals surface area contributed by atoms with E-state index in [2.05, 4.69) is 20.9 Å². The Morgan fingerprint density at radius 2 is 1.93 bits per heavy atom. The summed E-state index contributed by atoms with van der Waals surface area (Å²) in [5, 5.41) is 9.54. The van der Waals surface area contributed by atoms with Gasteiger partial charge in [-0.3, -0.25) is 9.79 Å². The van der Waals surface area contributed by atoms with E-state index in [0.29, 0.717) is 12.3 Å². The molecule has 0 spiro atoms. The first-order chi connectivity index (χ1) is 13.7. The molecule has 150 valence electrons. The summed E-state index contributed by atoms with van der Waals surface area (Å²) in [5.74, 6) is 1.80. The van der Waals surface area contributed by atoms with E-state index in [0.717, 1.165) is 29.7 Å². The van der Waals surface area contributed by atoms with Gasteiger partial charge in [-0.25, -0.2) is 0 Å². The molecule has 28 heavy (non-hydrogen) atoms. The van der Waals surface area contributed by atoms with Crippen LogP contribution in [0.25, 0.3) is 0 Å². The van der Waals surface area contributed by atoms with Gasteiger partial charge in [0, 0.05) is 25.8 Å². The van der Waals surface area contributed by atoms with Crippen molar-refractivity contribution in [3.63, 3.8) is 0 Å². The summed E-state index contributed by atoms with van der Waals surface area (Å²) in [6, 6.07) is 11.1. The monoisotopic (exact) mass is 382 g/mol. The van der Waals surface area contributed by atoms with Gasteiger partial charge in [-0.1, -0.05) is 37.8 Å². The number of amides is 1. The second-order valence-corrected chi connectivity index (χ2v) is 7.27. The lowest BCUT2D eigenvalue weighted by molar-refractivity contribution is 0.0996. The van der Waals surface area contributed by atoms with Gasteiger partial charge in [-0.15, -0.1) is 0 Å². The molecule has 1 saturated carbocycles. The molecule has 0 aliphatic heterocycles. The minimum atomic E-state index is -0.252. The number of hydrogen-bond acceptors (Lipinski definition) is 3. The van der Waals surface area contributed by atoms with Crippen LogP contribution in [0.2, 0.25) is 0 Å². The number of aliphatic imine (C=N–C) groups is 1. The van der Waals surface area contributed by atoms with E-state index < -0.39 is 0 Å². The van der Waals surface area contributed by atoms with Crippen molar-refractivity contribution in [3.05, 3.63) is 54.0 Å². The molecule has 1 amide bonds. The Labute approximate surface area is 166 Å². The molecule has 1 aliphatic rings. The van der Waals surface area contributed by atoms with Gasteiger partial charge in [-0.2, -0.15) is 0 Å². The molecule has 2 aromatic rings. The van der Waals surface area contributed by atoms with Crippen LogP contribution in [-0.2, 0) is 6.54 Å². The Morgan fingerprint density at radius 3 is 2.61 bits per heavy atom. The number of rotatable bonds is 8. The molecular formula is C22H30N4O2. The summed E-state index contributed by atoms with van der Waals surface area (Å²) in [4.78, 5) is 16.3. The third-order valence-electron chi connectivity index (χ3n) is 5.20. The Balaban J connectivity index is 1.37. The summed E-state index contributed by atoms with van der Waals surface area (Å²) in [6.45, 7) is 1.63. The zero-order valence-corrected chi connectivity index (χ0v) is 16.5. The highest BCUT2D eigenvalue weighted by Gasteiger charge is 2.14. The maximum Gasteiger partial charge on any atom is 0.291 e. The van der Waals surface area contributed by atoms with E-state index in [1.807, 2.05) is 24.3 Å². The lowest BCUT2D eigenvalue weighted by atomic mass is 10.0. The van der Waals surface area contributed by atoms with E-state index in [4.69, 9.17) is 4.42 Å². The molecule has 0 atom stereocenters. The van der Waals surface area contributed by atoms with Crippen LogP contribution in [0.4, 0.5) is 5.69 Å². The zero-order chi connectivity index (χ0) is 19.6. The van der Waals surface area contributed by atoms with Crippen LogP contribution in [0.1, 0.15) is 54.6 Å². The summed E-state index contributed by atoms with van der Waals surface area (Å²) in [6.07, 6.45) is 9.62. The van der Waals surface area contributed by atoms with Crippen molar-refractivity contribution in [1.82, 2.24) is 10.6 Å². The third kappa shape index (κ3) is 6.15. The fourth-order valence-corrected chi connectivity index (χ4v) is 3.61. The minimum absolute atomic E-state index is 0.252. The van der Waals surface area contributed by atoms with Crippen molar-refractivity contribution >= 4 is 17.6 Å². The highest BCUT2D eigenvalue weighted by atomic mass is 16.3. The van der Waals surface area contributed by atoms with Crippen molar-refractivity contribution < 1.29 is 9.21 Å². The number of guanidine groups is 1. The number of carbonyl (C=O) groups is 1. The second kappa shape index (κ2) is 10.5. The number of carbonyl (C=O) groups excluding carboxylic acids is 1. The first kappa shape index (κ1) is 20.0. The van der Waals surface area contributed by atoms with Crippen LogP contribution in [0.5, 0.6) is 0 Å². The van der Waals surface area contributed by atoms with Gasteiger partial charge >= 0.3 is 0 Å². The molecule has 6 nitrogen and oxygen atoms in total. The Kier molecular flexibility index (Phi) is 7.53. The second-order valence-electron chi connectivity index (χ2n) is 7.27. The van der Waals surface area contributed by atoms with Gasteiger partial charge in [0.1, 0.15) is 0 Å². The number of anilines is 1. The molecule has 3 N–H and O–H groups in total. The number of nitrogens with one attached hydrogen (secondary N) is 3. The van der Waals surface area contributed by atoms with Gasteiger partial charge in [0.15, 0.2) is 11.7 Å². The van der Waals surface area contributed by atoms with Crippen molar-refractivity contribution in [2.24, 2.45) is 10.9 Å². The molecule has 0 saturated heterocycles. The molecular weight excluding hydrogens is 352 g/mol. The van der Waals surface area contributed by atoms with Crippen LogP contribution < -0.4 is 16.0 Å². The SMILES string of the molecule is CN=C(NCCCC1CCCC1)NCc1ccc(NC(=O)c2ccco2)cc1. The van der Waals surface area contributed by atoms with Gasteiger partial charge < -0.3 is 20.4 Å². The number of furan rings is 1. The van der Waals surface area contributed by atoms with Gasteiger partial charge in [-0.05, 0) is 48.6 Å². The molecule has 1 aliphatic carbocycles. The van der Waals surface area contributed by atoms with E-state index in [1.165, 1.54) is 44.8 Å². The van der Waals surface area contributed by atoms with Crippen molar-refractivity contribution in [3.8, 4) is 0 Å². The minimum Gasteiger partial charge on any atom is -0.459 e. The van der Waals surface area contributed by atoms with Crippen LogP contribution >= 0.6 is 0 Å². The topological polar surface area (TPSA) is 78.7 Å². The van der Waals surface area contributed by atoms with Crippen molar-refractivity contribution in [1.29, 1.82) is 0 Å². The fraction of sp³-hybridized carbons (Fsp3) is 0.455. The van der Waals surface area contributed by atoms with E-state index in [1.54, 1.807) is 19.2 Å². The van der Waals surface area contributed by atoms with E-state index in [-0.39, 0.29) is 5.91 Å². The average molecular weight is 383 g/mol. The molecule has 0 bridgehead atoms. The standard InChI is InChI=1S/C22H30N4O2/c1-23-22(24-14-4-8-17-6-2-3-7-17)25-16-18-10-12-19(13-11-18)26-21(27)20-9-5-15-28-20/h5,9-13,15,17H,2-4,6-8,14,16H2,1H3,(H,26,27)(H2,23,24,25). The number of nitrogens with zero attached hydrogens (tertiary/aromatic N) is 1. The van der Waals surface area contributed by atoms with E-state index >= 15 is 0 Å². The maximum atomic E-state index is 12.0. The Morgan fingerprint density at radius 1 is 1.14 bits per heavy atom. The number of benzene rings is 1. The Hall–Kier alpha value is -2.76. The zero-order valence-electron chi connectivity index (χ0n) is 16.5. The first-order valence-electron chi connectivity index (χ1n) is 10.1. The third-order valence-corrected chi connectivity index (χ3v) is 5.20. The highest BCUT2D eigenvalue weighted by Crippen LogP contribution is 2.28. The normalized spacial score (nSPS) is 14.8. The molecule has 3 rings (SSSR count). The molecule has 0 radical (unpaired) electrons. The highest BCUT2D eigenvalue weighted by molar-refractivity contribution is 6.02. The molecule has 0 unspecified atom stereocenters. The maximum absolute atomic E-state index is 12.0. The summed E-state index contributed by atoms with van der Waals surface area (Å²) in [7, 11) is 1.79. The largest absolute Gasteiger partial charge is 0.459 e. The predicted molar refractivity (Wildman–Crippen MR) is 112 cm³/mol. The smallest absolute Gasteiger partial charge is 0.291 e. The quantitative estimate of drug-likeness (QED) is 0.364. The lowest BCUT2D eigenvalue weighted by Gasteiger charge is -2.13. The van der Waals surface area contributed by atoms with Crippen LogP contribution in [-0.4, -0.2) is 25.5 Å². The van der Waals surface area contributed by atoms with Crippen molar-refractivity contribution in [2.75, 3.05) is 18.9 Å². The van der Waals surface area contributed by atoms with Crippen LogP contribution in [0, 0.1) is 5.92 Å². The molecule has 1 aromatic carbocycles. The predicted octanol–water partition coefficient (Wildman–Crippen LogP) is 4.17. The molecule has 6 heteroatoms. The lowest BCUT2D eigenvalue weighted by Crippen LogP contribution is -2.37. The first-order valence-corrected chi connectivity index (χ1v) is 10.1. The summed E-state index contributed by atoms with van der Waals surface area (Å²) >= 11 is 0. The van der Waals surface area contributed by atoms with Crippen molar-refractivity contribution in [2.45, 2.75) is 45.1 Å². The number of hydrogen-bond donors (Lipinski definition) is 3. The molecule has 1 fully saturated rings. The van der Waals surface area contributed by atoms with E-state index in [9.17, 15) is 4.79 Å². The van der Waals surface area contributed by atoms with Gasteiger partial charge in [0.25, 0.3) is 5.91 Å².